The lowest BCUT2D eigenvalue weighted by Crippen LogP contribution is -2.45. The summed E-state index contributed by atoms with van der Waals surface area (Å²) in [6.45, 7) is 3.51. The van der Waals surface area contributed by atoms with Crippen LogP contribution in [-0.4, -0.2) is 42.1 Å². The van der Waals surface area contributed by atoms with Gasteiger partial charge in [-0.15, -0.1) is 12.3 Å². The van der Waals surface area contributed by atoms with E-state index in [1.807, 2.05) is 0 Å². The lowest BCUT2D eigenvalue weighted by molar-refractivity contribution is -0.122. The highest BCUT2D eigenvalue weighted by Gasteiger charge is 2.39. The van der Waals surface area contributed by atoms with Crippen LogP contribution in [-0.2, 0) is 4.79 Å². The third kappa shape index (κ3) is 5.04. The topological polar surface area (TPSA) is 57.1 Å². The molecule has 1 N–H and O–H groups in total. The highest BCUT2D eigenvalue weighted by molar-refractivity contribution is 5.76. The highest BCUT2D eigenvalue weighted by atomic mass is 16.1. The van der Waals surface area contributed by atoms with E-state index in [1.165, 1.54) is 32.2 Å². The Morgan fingerprint density at radius 2 is 1.88 bits per heavy atom. The SMILES string of the molecule is C#CCCC1(CCC(=O)NC2CCN(CC3CCCC3)CC2)N=N1. The summed E-state index contributed by atoms with van der Waals surface area (Å²) in [6.07, 6.45) is 15.7. The first-order chi connectivity index (χ1) is 11.7. The average Bonchev–Trinajstić information content (AvgIpc) is 3.18. The Morgan fingerprint density at radius 3 is 2.50 bits per heavy atom. The smallest absolute Gasteiger partial charge is 0.220 e. The number of nitrogens with zero attached hydrogens (tertiary/aromatic N) is 3. The number of terminal acetylenes is 1. The van der Waals surface area contributed by atoms with Gasteiger partial charge in [0.25, 0.3) is 0 Å². The van der Waals surface area contributed by atoms with Gasteiger partial charge in [-0.1, -0.05) is 12.8 Å². The van der Waals surface area contributed by atoms with Gasteiger partial charge >= 0.3 is 0 Å². The van der Waals surface area contributed by atoms with Crippen molar-refractivity contribution in [3.8, 4) is 12.3 Å². The molecule has 0 unspecified atom stereocenters. The van der Waals surface area contributed by atoms with Crippen molar-refractivity contribution in [1.29, 1.82) is 0 Å². The first kappa shape index (κ1) is 17.4. The summed E-state index contributed by atoms with van der Waals surface area (Å²) < 4.78 is 0. The lowest BCUT2D eigenvalue weighted by atomic mass is 10.00. The fourth-order valence-corrected chi connectivity index (χ4v) is 4.10. The number of nitrogens with one attached hydrogen (secondary N) is 1. The summed E-state index contributed by atoms with van der Waals surface area (Å²) in [4.78, 5) is 14.8. The second-order valence-corrected chi connectivity index (χ2v) is 7.68. The van der Waals surface area contributed by atoms with Crippen LogP contribution < -0.4 is 5.32 Å². The average molecular weight is 330 g/mol. The summed E-state index contributed by atoms with van der Waals surface area (Å²) in [5.41, 5.74) is -0.339. The number of carbonyl (C=O) groups excluding carboxylic acids is 1. The number of hydrogen-bond donors (Lipinski definition) is 1. The van der Waals surface area contributed by atoms with Crippen molar-refractivity contribution in [2.45, 2.75) is 75.9 Å². The van der Waals surface area contributed by atoms with E-state index in [1.54, 1.807) is 0 Å². The lowest BCUT2D eigenvalue weighted by Gasteiger charge is -2.33. The Bertz CT molecular complexity index is 490. The first-order valence-electron chi connectivity index (χ1n) is 9.58. The quantitative estimate of drug-likeness (QED) is 0.695. The maximum absolute atomic E-state index is 12.2. The summed E-state index contributed by atoms with van der Waals surface area (Å²) >= 11 is 0. The summed E-state index contributed by atoms with van der Waals surface area (Å²) in [5, 5.41) is 11.4. The number of carbonyl (C=O) groups is 1. The van der Waals surface area contributed by atoms with Gasteiger partial charge in [-0.05, 0) is 31.6 Å². The number of hydrogen-bond acceptors (Lipinski definition) is 4. The minimum Gasteiger partial charge on any atom is -0.353 e. The van der Waals surface area contributed by atoms with E-state index in [9.17, 15) is 4.79 Å². The van der Waals surface area contributed by atoms with E-state index in [-0.39, 0.29) is 11.6 Å². The minimum absolute atomic E-state index is 0.140. The van der Waals surface area contributed by atoms with Gasteiger partial charge in [0.05, 0.1) is 0 Å². The minimum atomic E-state index is -0.339. The zero-order valence-electron chi connectivity index (χ0n) is 14.7. The van der Waals surface area contributed by atoms with Crippen LogP contribution in [0.4, 0.5) is 0 Å². The molecule has 0 aromatic rings. The van der Waals surface area contributed by atoms with Gasteiger partial charge in [0.2, 0.25) is 5.91 Å². The Morgan fingerprint density at radius 1 is 1.17 bits per heavy atom. The fraction of sp³-hybridized carbons (Fsp3) is 0.842. The van der Waals surface area contributed by atoms with Gasteiger partial charge in [-0.3, -0.25) is 4.79 Å². The maximum atomic E-state index is 12.2. The molecule has 1 aliphatic carbocycles. The molecule has 1 saturated heterocycles. The van der Waals surface area contributed by atoms with E-state index in [0.717, 1.165) is 38.3 Å². The van der Waals surface area contributed by atoms with Gasteiger partial charge < -0.3 is 10.2 Å². The molecule has 132 valence electrons. The van der Waals surface area contributed by atoms with Crippen LogP contribution in [0.15, 0.2) is 10.2 Å². The van der Waals surface area contributed by atoms with Gasteiger partial charge in [0.15, 0.2) is 5.66 Å². The van der Waals surface area contributed by atoms with Crippen molar-refractivity contribution < 1.29 is 4.79 Å². The monoisotopic (exact) mass is 330 g/mol. The Balaban J connectivity index is 1.29. The first-order valence-corrected chi connectivity index (χ1v) is 9.58. The largest absolute Gasteiger partial charge is 0.353 e. The molecule has 0 spiro atoms. The summed E-state index contributed by atoms with van der Waals surface area (Å²) in [6, 6.07) is 0.340. The van der Waals surface area contributed by atoms with Crippen molar-refractivity contribution >= 4 is 5.91 Å². The molecule has 2 fully saturated rings. The zero-order chi connectivity index (χ0) is 16.8. The number of likely N-dealkylation sites (tertiary alicyclic amines) is 1. The Hall–Kier alpha value is -1.41. The Labute approximate surface area is 145 Å². The van der Waals surface area contributed by atoms with Gasteiger partial charge in [0.1, 0.15) is 0 Å². The molecule has 24 heavy (non-hydrogen) atoms. The maximum Gasteiger partial charge on any atom is 0.220 e. The zero-order valence-corrected chi connectivity index (χ0v) is 14.7. The van der Waals surface area contributed by atoms with Crippen molar-refractivity contribution in [3.05, 3.63) is 0 Å². The van der Waals surface area contributed by atoms with Crippen molar-refractivity contribution in [1.82, 2.24) is 10.2 Å². The van der Waals surface area contributed by atoms with Gasteiger partial charge in [-0.2, -0.15) is 10.2 Å². The number of rotatable bonds is 8. The Kier molecular flexibility index (Phi) is 5.89. The molecule has 5 nitrogen and oxygen atoms in total. The summed E-state index contributed by atoms with van der Waals surface area (Å²) in [7, 11) is 0. The molecule has 3 rings (SSSR count). The normalized spacial score (nSPS) is 24.0. The number of piperidine rings is 1. The molecule has 1 saturated carbocycles. The third-order valence-electron chi connectivity index (χ3n) is 5.75. The van der Waals surface area contributed by atoms with Crippen LogP contribution in [0.2, 0.25) is 0 Å². The highest BCUT2D eigenvalue weighted by Crippen LogP contribution is 2.37. The molecule has 1 amide bonds. The van der Waals surface area contributed by atoms with Gasteiger partial charge in [-0.25, -0.2) is 0 Å². The van der Waals surface area contributed by atoms with Crippen LogP contribution in [0.3, 0.4) is 0 Å². The predicted molar refractivity (Wildman–Crippen MR) is 94.5 cm³/mol. The standard InChI is InChI=1S/C19H30N4O/c1-2-3-11-19(21-22-19)12-8-18(24)20-17-9-13-23(14-10-17)15-16-6-4-5-7-16/h1,16-17H,3-15H2,(H,20,24). The van der Waals surface area contributed by atoms with E-state index in [0.29, 0.717) is 25.3 Å². The predicted octanol–water partition coefficient (Wildman–Crippen LogP) is 3.11. The van der Waals surface area contributed by atoms with Crippen LogP contribution >= 0.6 is 0 Å². The van der Waals surface area contributed by atoms with Gasteiger partial charge in [0, 0.05) is 51.4 Å². The molecule has 0 bridgehead atoms. The van der Waals surface area contributed by atoms with E-state index in [4.69, 9.17) is 6.42 Å². The molecule has 0 aromatic carbocycles. The van der Waals surface area contributed by atoms with Crippen molar-refractivity contribution in [2.24, 2.45) is 16.1 Å². The molecular formula is C19H30N4O. The second kappa shape index (κ2) is 8.11. The van der Waals surface area contributed by atoms with Crippen molar-refractivity contribution in [2.75, 3.05) is 19.6 Å². The summed E-state index contributed by atoms with van der Waals surface area (Å²) in [5.74, 6) is 3.68. The van der Waals surface area contributed by atoms with Crippen LogP contribution in [0.25, 0.3) is 0 Å². The van der Waals surface area contributed by atoms with E-state index < -0.39 is 0 Å². The van der Waals surface area contributed by atoms with Crippen LogP contribution in [0, 0.1) is 18.3 Å². The van der Waals surface area contributed by atoms with Crippen molar-refractivity contribution in [3.63, 3.8) is 0 Å². The third-order valence-corrected chi connectivity index (χ3v) is 5.75. The molecule has 5 heteroatoms. The van der Waals surface area contributed by atoms with E-state index >= 15 is 0 Å². The van der Waals surface area contributed by atoms with Crippen LogP contribution in [0.1, 0.15) is 64.2 Å². The van der Waals surface area contributed by atoms with Crippen LogP contribution in [0.5, 0.6) is 0 Å². The molecule has 0 atom stereocenters. The molecule has 2 heterocycles. The molecule has 0 aromatic heterocycles. The molecule has 0 radical (unpaired) electrons. The second-order valence-electron chi connectivity index (χ2n) is 7.68. The molecule has 3 aliphatic rings. The number of amides is 1. The molecule has 2 aliphatic heterocycles. The fourth-order valence-electron chi connectivity index (χ4n) is 4.10. The molecular weight excluding hydrogens is 300 g/mol. The van der Waals surface area contributed by atoms with E-state index in [2.05, 4.69) is 26.4 Å².